The van der Waals surface area contributed by atoms with Crippen LogP contribution < -0.4 is 5.32 Å². The van der Waals surface area contributed by atoms with Crippen LogP contribution in [0.4, 0.5) is 5.69 Å². The summed E-state index contributed by atoms with van der Waals surface area (Å²) in [6, 6.07) is 2.39. The number of H-pyrrole nitrogens is 1. The van der Waals surface area contributed by atoms with E-state index in [2.05, 4.69) is 15.3 Å². The minimum Gasteiger partial charge on any atom is -0.462 e. The van der Waals surface area contributed by atoms with Gasteiger partial charge in [0.15, 0.2) is 0 Å². The van der Waals surface area contributed by atoms with Crippen LogP contribution in [0.5, 0.6) is 0 Å². The molecular weight excluding hydrogens is 242 g/mol. The highest BCUT2D eigenvalue weighted by Gasteiger charge is 2.23. The van der Waals surface area contributed by atoms with E-state index in [1.54, 1.807) is 13.1 Å². The van der Waals surface area contributed by atoms with E-state index in [1.165, 1.54) is 6.42 Å². The summed E-state index contributed by atoms with van der Waals surface area (Å²) in [6.45, 7) is 2.17. The largest absolute Gasteiger partial charge is 0.462 e. The van der Waals surface area contributed by atoms with Gasteiger partial charge in [-0.2, -0.15) is 0 Å². The van der Waals surface area contributed by atoms with Gasteiger partial charge in [-0.1, -0.05) is 0 Å². The van der Waals surface area contributed by atoms with E-state index in [4.69, 9.17) is 4.74 Å². The van der Waals surface area contributed by atoms with Gasteiger partial charge >= 0.3 is 5.97 Å². The second kappa shape index (κ2) is 4.91. The summed E-state index contributed by atoms with van der Waals surface area (Å²) in [6.07, 6.45) is 6.96. The number of ether oxygens (including phenoxy) is 1. The van der Waals surface area contributed by atoms with Gasteiger partial charge in [-0.25, -0.2) is 9.78 Å². The molecular formula is C14H17N3O2. The first kappa shape index (κ1) is 12.0. The number of pyridine rings is 1. The molecule has 0 aliphatic heterocycles. The summed E-state index contributed by atoms with van der Waals surface area (Å²) in [4.78, 5) is 19.3. The topological polar surface area (TPSA) is 67.0 Å². The number of fused-ring (bicyclic) bond motifs is 1. The summed E-state index contributed by atoms with van der Waals surface area (Å²) < 4.78 is 5.10. The minimum atomic E-state index is -0.320. The maximum absolute atomic E-state index is 12.0. The second-order valence-corrected chi connectivity index (χ2v) is 4.78. The molecule has 19 heavy (non-hydrogen) atoms. The third kappa shape index (κ3) is 2.16. The molecule has 2 aromatic rings. The summed E-state index contributed by atoms with van der Waals surface area (Å²) in [7, 11) is 0. The van der Waals surface area contributed by atoms with Crippen LogP contribution in [0.3, 0.4) is 0 Å². The van der Waals surface area contributed by atoms with Gasteiger partial charge in [0.1, 0.15) is 11.2 Å². The minimum absolute atomic E-state index is 0.320. The first-order valence-corrected chi connectivity index (χ1v) is 6.69. The van der Waals surface area contributed by atoms with Crippen LogP contribution in [-0.4, -0.2) is 28.6 Å². The number of nitrogens with one attached hydrogen (secondary N) is 2. The molecule has 5 nitrogen and oxygen atoms in total. The number of anilines is 1. The first-order chi connectivity index (χ1) is 9.29. The first-order valence-electron chi connectivity index (χ1n) is 6.69. The molecule has 0 radical (unpaired) electrons. The summed E-state index contributed by atoms with van der Waals surface area (Å²) in [5, 5.41) is 4.40. The van der Waals surface area contributed by atoms with Crippen molar-refractivity contribution in [2.75, 3.05) is 11.9 Å². The molecule has 100 valence electrons. The molecule has 2 N–H and O–H groups in total. The molecule has 2 heterocycles. The van der Waals surface area contributed by atoms with Crippen molar-refractivity contribution in [3.63, 3.8) is 0 Å². The molecule has 0 unspecified atom stereocenters. The predicted octanol–water partition coefficient (Wildman–Crippen LogP) is 2.70. The molecule has 0 spiro atoms. The van der Waals surface area contributed by atoms with Crippen molar-refractivity contribution < 1.29 is 9.53 Å². The molecule has 0 bridgehead atoms. The predicted molar refractivity (Wildman–Crippen MR) is 73.3 cm³/mol. The monoisotopic (exact) mass is 259 g/mol. The van der Waals surface area contributed by atoms with E-state index in [1.807, 2.05) is 12.3 Å². The quantitative estimate of drug-likeness (QED) is 0.828. The molecule has 0 atom stereocenters. The van der Waals surface area contributed by atoms with Crippen molar-refractivity contribution in [1.29, 1.82) is 0 Å². The Morgan fingerprint density at radius 3 is 3.11 bits per heavy atom. The van der Waals surface area contributed by atoms with Crippen LogP contribution in [0.25, 0.3) is 11.0 Å². The highest BCUT2D eigenvalue weighted by molar-refractivity contribution is 6.04. The number of aromatic nitrogens is 2. The van der Waals surface area contributed by atoms with Gasteiger partial charge in [0.25, 0.3) is 0 Å². The molecule has 1 aliphatic carbocycles. The number of hydrogen-bond donors (Lipinski definition) is 2. The van der Waals surface area contributed by atoms with Gasteiger partial charge in [-0.3, -0.25) is 0 Å². The lowest BCUT2D eigenvalue weighted by Crippen LogP contribution is -2.28. The molecule has 1 saturated carbocycles. The Morgan fingerprint density at radius 2 is 2.42 bits per heavy atom. The normalized spacial score (nSPS) is 15.2. The van der Waals surface area contributed by atoms with Crippen molar-refractivity contribution in [3.8, 4) is 0 Å². The smallest absolute Gasteiger partial charge is 0.341 e. The standard InChI is InChI=1S/C14H17N3O2/c1-2-19-14(18)11-8-16-13-10(6-7-15-13)12(11)17-9-4-3-5-9/h6-9H,2-5H2,1H3,(H2,15,16,17). The van der Waals surface area contributed by atoms with E-state index in [0.29, 0.717) is 18.2 Å². The number of rotatable bonds is 4. The van der Waals surface area contributed by atoms with Crippen molar-refractivity contribution in [2.45, 2.75) is 32.2 Å². The Bertz CT molecular complexity index is 602. The number of nitrogens with zero attached hydrogens (tertiary/aromatic N) is 1. The Hall–Kier alpha value is -2.04. The molecule has 3 rings (SSSR count). The average Bonchev–Trinajstić information content (AvgIpc) is 2.82. The van der Waals surface area contributed by atoms with Gasteiger partial charge in [0.2, 0.25) is 0 Å². The Labute approximate surface area is 111 Å². The molecule has 0 aromatic carbocycles. The van der Waals surface area contributed by atoms with Crippen LogP contribution in [0.15, 0.2) is 18.5 Å². The van der Waals surface area contributed by atoms with Gasteiger partial charge in [-0.15, -0.1) is 0 Å². The summed E-state index contributed by atoms with van der Waals surface area (Å²) >= 11 is 0. The Kier molecular flexibility index (Phi) is 3.11. The number of esters is 1. The van der Waals surface area contributed by atoms with Crippen molar-refractivity contribution in [1.82, 2.24) is 9.97 Å². The van der Waals surface area contributed by atoms with Gasteiger partial charge in [-0.05, 0) is 32.3 Å². The zero-order valence-corrected chi connectivity index (χ0v) is 10.9. The van der Waals surface area contributed by atoms with E-state index in [9.17, 15) is 4.79 Å². The summed E-state index contributed by atoms with van der Waals surface area (Å²) in [5.41, 5.74) is 2.14. The lowest BCUT2D eigenvalue weighted by atomic mass is 9.92. The number of carbonyl (C=O) groups is 1. The molecule has 1 fully saturated rings. The van der Waals surface area contributed by atoms with Gasteiger partial charge in [0, 0.05) is 23.8 Å². The fourth-order valence-corrected chi connectivity index (χ4v) is 2.28. The van der Waals surface area contributed by atoms with Crippen molar-refractivity contribution >= 4 is 22.7 Å². The maximum Gasteiger partial charge on any atom is 0.341 e. The summed E-state index contributed by atoms with van der Waals surface area (Å²) in [5.74, 6) is -0.320. The zero-order valence-electron chi connectivity index (χ0n) is 10.9. The number of hydrogen-bond acceptors (Lipinski definition) is 4. The SMILES string of the molecule is CCOC(=O)c1cnc2[nH]ccc2c1NC1CCC1. The molecule has 0 amide bonds. The second-order valence-electron chi connectivity index (χ2n) is 4.78. The van der Waals surface area contributed by atoms with E-state index < -0.39 is 0 Å². The van der Waals surface area contributed by atoms with Crippen molar-refractivity contribution in [3.05, 3.63) is 24.0 Å². The van der Waals surface area contributed by atoms with E-state index in [-0.39, 0.29) is 5.97 Å². The van der Waals surface area contributed by atoms with E-state index in [0.717, 1.165) is 29.6 Å². The van der Waals surface area contributed by atoms with Gasteiger partial charge < -0.3 is 15.0 Å². The van der Waals surface area contributed by atoms with Gasteiger partial charge in [0.05, 0.1) is 12.3 Å². The maximum atomic E-state index is 12.0. The highest BCUT2D eigenvalue weighted by Crippen LogP contribution is 2.30. The lowest BCUT2D eigenvalue weighted by molar-refractivity contribution is 0.0527. The van der Waals surface area contributed by atoms with E-state index >= 15 is 0 Å². The average molecular weight is 259 g/mol. The Balaban J connectivity index is 2.03. The van der Waals surface area contributed by atoms with Crippen LogP contribution in [0, 0.1) is 0 Å². The number of aromatic amines is 1. The molecule has 2 aromatic heterocycles. The molecule has 1 aliphatic rings. The van der Waals surface area contributed by atoms with Crippen LogP contribution >= 0.6 is 0 Å². The third-order valence-electron chi connectivity index (χ3n) is 3.54. The number of carbonyl (C=O) groups excluding carboxylic acids is 1. The molecule has 0 saturated heterocycles. The van der Waals surface area contributed by atoms with Crippen LogP contribution in [0.1, 0.15) is 36.5 Å². The van der Waals surface area contributed by atoms with Crippen LogP contribution in [0.2, 0.25) is 0 Å². The fourth-order valence-electron chi connectivity index (χ4n) is 2.28. The Morgan fingerprint density at radius 1 is 1.58 bits per heavy atom. The zero-order chi connectivity index (χ0) is 13.2. The fraction of sp³-hybridized carbons (Fsp3) is 0.429. The van der Waals surface area contributed by atoms with Crippen LogP contribution in [-0.2, 0) is 4.74 Å². The third-order valence-corrected chi connectivity index (χ3v) is 3.54. The molecule has 5 heteroatoms. The highest BCUT2D eigenvalue weighted by atomic mass is 16.5. The lowest BCUT2D eigenvalue weighted by Gasteiger charge is -2.28. The van der Waals surface area contributed by atoms with Crippen molar-refractivity contribution in [2.24, 2.45) is 0 Å².